The molecule has 1 unspecified atom stereocenters. The van der Waals surface area contributed by atoms with E-state index in [2.05, 4.69) is 0 Å². The van der Waals surface area contributed by atoms with Crippen LogP contribution in [0.3, 0.4) is 0 Å². The van der Waals surface area contributed by atoms with Gasteiger partial charge in [0.25, 0.3) is 17.7 Å². The van der Waals surface area contributed by atoms with Gasteiger partial charge in [0.2, 0.25) is 0 Å². The second-order valence-corrected chi connectivity index (χ2v) is 5.98. The summed E-state index contributed by atoms with van der Waals surface area (Å²) in [6.45, 7) is 0. The van der Waals surface area contributed by atoms with Crippen LogP contribution in [0, 0.1) is 0 Å². The largest absolute Gasteiger partial charge is 0.350 e. The molecule has 1 fully saturated rings. The maximum absolute atomic E-state index is 14.0. The van der Waals surface area contributed by atoms with Crippen molar-refractivity contribution in [1.82, 2.24) is 5.06 Å². The van der Waals surface area contributed by atoms with Gasteiger partial charge in [0.1, 0.15) is 0 Å². The molecule has 2 aromatic carbocycles. The number of rotatable bonds is 3. The van der Waals surface area contributed by atoms with Gasteiger partial charge in [-0.25, -0.2) is 13.6 Å². The highest BCUT2D eigenvalue weighted by Gasteiger charge is 2.78. The summed E-state index contributed by atoms with van der Waals surface area (Å²) in [6, 6.07) is 13.4. The summed E-state index contributed by atoms with van der Waals surface area (Å²) in [4.78, 5) is 41.8. The quantitative estimate of drug-likeness (QED) is 0.804. The van der Waals surface area contributed by atoms with E-state index in [1.165, 1.54) is 36.4 Å². The van der Waals surface area contributed by atoms with E-state index in [4.69, 9.17) is 4.84 Å². The molecule has 0 bridgehead atoms. The smallest absolute Gasteiger partial charge is 0.328 e. The summed E-state index contributed by atoms with van der Waals surface area (Å²) in [5, 5.41) is 0.256. The van der Waals surface area contributed by atoms with Gasteiger partial charge < -0.3 is 4.84 Å². The molecule has 7 heteroatoms. The minimum Gasteiger partial charge on any atom is -0.328 e. The first-order chi connectivity index (χ1) is 11.9. The predicted octanol–water partition coefficient (Wildman–Crippen LogP) is 2.72. The lowest BCUT2D eigenvalue weighted by atomic mass is 9.95. The molecule has 1 heterocycles. The molecular weight excluding hydrogens is 332 g/mol. The molecule has 0 saturated heterocycles. The zero-order valence-corrected chi connectivity index (χ0v) is 12.7. The van der Waals surface area contributed by atoms with Crippen molar-refractivity contribution in [3.05, 3.63) is 71.3 Å². The van der Waals surface area contributed by atoms with Crippen molar-refractivity contribution in [3.63, 3.8) is 0 Å². The van der Waals surface area contributed by atoms with E-state index < -0.39 is 35.5 Å². The van der Waals surface area contributed by atoms with Crippen LogP contribution < -0.4 is 0 Å². The number of imide groups is 1. The maximum Gasteiger partial charge on any atom is 0.350 e. The van der Waals surface area contributed by atoms with E-state index in [9.17, 15) is 23.2 Å². The molecular formula is C18H11F2NO4. The van der Waals surface area contributed by atoms with Crippen LogP contribution in [0.1, 0.15) is 32.7 Å². The number of amides is 2. The summed E-state index contributed by atoms with van der Waals surface area (Å²) in [7, 11) is 0. The summed E-state index contributed by atoms with van der Waals surface area (Å²) in [5.74, 6) is -6.31. The van der Waals surface area contributed by atoms with Crippen LogP contribution in [0.25, 0.3) is 0 Å². The second kappa shape index (κ2) is 4.95. The Balaban J connectivity index is 1.65. The van der Waals surface area contributed by atoms with Crippen molar-refractivity contribution in [3.8, 4) is 0 Å². The van der Waals surface area contributed by atoms with Gasteiger partial charge in [0.05, 0.1) is 11.1 Å². The molecule has 0 radical (unpaired) electrons. The van der Waals surface area contributed by atoms with Crippen LogP contribution in [0.2, 0.25) is 0 Å². The Hall–Kier alpha value is -3.09. The van der Waals surface area contributed by atoms with Crippen molar-refractivity contribution in [2.24, 2.45) is 0 Å². The molecule has 2 amide bonds. The first kappa shape index (κ1) is 15.4. The highest BCUT2D eigenvalue weighted by Crippen LogP contribution is 2.62. The minimum atomic E-state index is -3.30. The third-order valence-corrected chi connectivity index (χ3v) is 4.53. The molecule has 0 aromatic heterocycles. The molecule has 2 aromatic rings. The summed E-state index contributed by atoms with van der Waals surface area (Å²) >= 11 is 0. The van der Waals surface area contributed by atoms with Crippen molar-refractivity contribution in [2.45, 2.75) is 17.8 Å². The van der Waals surface area contributed by atoms with Crippen LogP contribution in [0.4, 0.5) is 8.78 Å². The SMILES string of the molecule is O=C1c2ccccc2C(=O)N1OC(=O)C1(c2ccccc2)CC1(F)F. The molecule has 25 heavy (non-hydrogen) atoms. The fourth-order valence-electron chi connectivity index (χ4n) is 3.07. The normalized spacial score (nSPS) is 23.4. The number of hydrogen-bond acceptors (Lipinski definition) is 4. The van der Waals surface area contributed by atoms with Gasteiger partial charge in [0.15, 0.2) is 5.41 Å². The van der Waals surface area contributed by atoms with E-state index in [1.54, 1.807) is 18.2 Å². The van der Waals surface area contributed by atoms with Gasteiger partial charge in [-0.2, -0.15) is 0 Å². The lowest BCUT2D eigenvalue weighted by Gasteiger charge is -2.19. The molecule has 4 rings (SSSR count). The van der Waals surface area contributed by atoms with E-state index in [-0.39, 0.29) is 21.8 Å². The molecule has 126 valence electrons. The standard InChI is InChI=1S/C18H11F2NO4/c19-18(20)10-17(18,11-6-2-1-3-7-11)16(24)25-21-14(22)12-8-4-5-9-13(12)15(21)23/h1-9H,10H2. The number of carbonyl (C=O) groups is 3. The number of benzene rings is 2. The maximum atomic E-state index is 14.0. The number of halogens is 2. The Kier molecular flexibility index (Phi) is 3.06. The number of hydrogen-bond donors (Lipinski definition) is 0. The Morgan fingerprint density at radius 2 is 1.40 bits per heavy atom. The summed E-state index contributed by atoms with van der Waals surface area (Å²) in [5.41, 5.74) is -1.96. The molecule has 0 N–H and O–H groups in total. The molecule has 0 spiro atoms. The van der Waals surface area contributed by atoms with Crippen molar-refractivity contribution >= 4 is 17.8 Å². The van der Waals surface area contributed by atoms with Gasteiger partial charge in [0, 0.05) is 6.42 Å². The zero-order chi connectivity index (χ0) is 17.8. The van der Waals surface area contributed by atoms with Crippen molar-refractivity contribution < 1.29 is 28.0 Å². The average Bonchev–Trinajstić information content (AvgIpc) is 3.14. The first-order valence-corrected chi connectivity index (χ1v) is 7.52. The van der Waals surface area contributed by atoms with E-state index >= 15 is 0 Å². The monoisotopic (exact) mass is 343 g/mol. The van der Waals surface area contributed by atoms with Crippen LogP contribution >= 0.6 is 0 Å². The van der Waals surface area contributed by atoms with Crippen LogP contribution in [-0.4, -0.2) is 28.8 Å². The Labute approximate surface area is 140 Å². The highest BCUT2D eigenvalue weighted by atomic mass is 19.3. The minimum absolute atomic E-state index is 0.0663. The van der Waals surface area contributed by atoms with Crippen molar-refractivity contribution in [1.29, 1.82) is 0 Å². The Morgan fingerprint density at radius 1 is 0.920 bits per heavy atom. The van der Waals surface area contributed by atoms with Gasteiger partial charge in [-0.05, 0) is 17.7 Å². The molecule has 1 aliphatic heterocycles. The number of nitrogens with zero attached hydrogens (tertiary/aromatic N) is 1. The third kappa shape index (κ3) is 2.02. The van der Waals surface area contributed by atoms with Crippen LogP contribution in [-0.2, 0) is 15.0 Å². The van der Waals surface area contributed by atoms with E-state index in [1.807, 2.05) is 0 Å². The molecule has 1 saturated carbocycles. The second-order valence-electron chi connectivity index (χ2n) is 5.98. The van der Waals surface area contributed by atoms with Crippen LogP contribution in [0.15, 0.2) is 54.6 Å². The van der Waals surface area contributed by atoms with E-state index in [0.29, 0.717) is 0 Å². The number of hydroxylamine groups is 2. The van der Waals surface area contributed by atoms with Gasteiger partial charge in [-0.3, -0.25) is 9.59 Å². The molecule has 2 aliphatic rings. The molecule has 1 atom stereocenters. The average molecular weight is 343 g/mol. The lowest BCUT2D eigenvalue weighted by molar-refractivity contribution is -0.174. The van der Waals surface area contributed by atoms with Gasteiger partial charge in [-0.1, -0.05) is 47.5 Å². The first-order valence-electron chi connectivity index (χ1n) is 7.52. The molecule has 1 aliphatic carbocycles. The summed E-state index contributed by atoms with van der Waals surface area (Å²) < 4.78 is 28.1. The highest BCUT2D eigenvalue weighted by molar-refractivity contribution is 6.21. The van der Waals surface area contributed by atoms with Gasteiger partial charge in [-0.15, -0.1) is 0 Å². The number of carbonyl (C=O) groups excluding carboxylic acids is 3. The lowest BCUT2D eigenvalue weighted by Crippen LogP contribution is -2.39. The van der Waals surface area contributed by atoms with E-state index in [0.717, 1.165) is 0 Å². The number of alkyl halides is 2. The Morgan fingerprint density at radius 3 is 1.88 bits per heavy atom. The Bertz CT molecular complexity index is 877. The number of fused-ring (bicyclic) bond motifs is 1. The topological polar surface area (TPSA) is 63.7 Å². The van der Waals surface area contributed by atoms with Crippen molar-refractivity contribution in [2.75, 3.05) is 0 Å². The summed E-state index contributed by atoms with van der Waals surface area (Å²) in [6.07, 6.45) is -0.730. The third-order valence-electron chi connectivity index (χ3n) is 4.53. The van der Waals surface area contributed by atoms with Gasteiger partial charge >= 0.3 is 5.97 Å². The fourth-order valence-corrected chi connectivity index (χ4v) is 3.07. The van der Waals surface area contributed by atoms with Crippen LogP contribution in [0.5, 0.6) is 0 Å². The predicted molar refractivity (Wildman–Crippen MR) is 80.7 cm³/mol. The molecule has 5 nitrogen and oxygen atoms in total. The zero-order valence-electron chi connectivity index (χ0n) is 12.7. The fraction of sp³-hybridized carbons (Fsp3) is 0.167.